The number of piperazine rings is 1. The second kappa shape index (κ2) is 9.77. The molecule has 178 valence electrons. The predicted octanol–water partition coefficient (Wildman–Crippen LogP) is 5.67. The normalized spacial score (nSPS) is 23.8. The quantitative estimate of drug-likeness (QED) is 0.568. The van der Waals surface area contributed by atoms with Gasteiger partial charge in [0.25, 0.3) is 0 Å². The smallest absolute Gasteiger partial charge is 0.0642 e. The largest absolute Gasteiger partial charge is 0.378 e. The van der Waals surface area contributed by atoms with Gasteiger partial charge in [0.2, 0.25) is 0 Å². The van der Waals surface area contributed by atoms with Gasteiger partial charge in [-0.1, -0.05) is 47.1 Å². The van der Waals surface area contributed by atoms with E-state index in [0.717, 1.165) is 45.8 Å². The molecular weight excluding hydrogens is 394 g/mol. The minimum absolute atomic E-state index is 0.238. The molecule has 2 fully saturated rings. The third-order valence-electron chi connectivity index (χ3n) is 7.41. The van der Waals surface area contributed by atoms with Crippen LogP contribution in [0.4, 0.5) is 11.4 Å². The molecule has 2 saturated heterocycles. The Hall–Kier alpha value is -1.52. The molecule has 32 heavy (non-hydrogen) atoms. The number of rotatable bonds is 6. The Morgan fingerprint density at radius 2 is 1.62 bits per heavy atom. The molecule has 0 radical (unpaired) electrons. The molecule has 2 aliphatic heterocycles. The summed E-state index contributed by atoms with van der Waals surface area (Å²) in [4.78, 5) is 7.79. The zero-order valence-electron chi connectivity index (χ0n) is 21.3. The molecule has 4 heteroatoms. The van der Waals surface area contributed by atoms with Crippen molar-refractivity contribution in [3.05, 3.63) is 29.8 Å². The SMILES string of the molecule is CCCCN1CCN(c2ccc(N3CCOCC3)cc2C2=CC(C)(C)CC(C)(C)C2)CC1. The number of nitrogens with zero attached hydrogens (tertiary/aromatic N) is 3. The Kier molecular flexibility index (Phi) is 7.21. The fourth-order valence-corrected chi connectivity index (χ4v) is 6.23. The first-order chi connectivity index (χ1) is 15.3. The molecule has 0 saturated carbocycles. The highest BCUT2D eigenvalue weighted by Gasteiger charge is 2.35. The molecular formula is C28H45N3O. The summed E-state index contributed by atoms with van der Waals surface area (Å²) in [6.45, 7) is 21.5. The number of allylic oxidation sites excluding steroid dienone is 2. The first-order valence-electron chi connectivity index (χ1n) is 12.9. The molecule has 0 atom stereocenters. The van der Waals surface area contributed by atoms with Gasteiger partial charge in [-0.15, -0.1) is 0 Å². The summed E-state index contributed by atoms with van der Waals surface area (Å²) < 4.78 is 5.61. The van der Waals surface area contributed by atoms with Crippen LogP contribution < -0.4 is 9.80 Å². The van der Waals surface area contributed by atoms with Crippen LogP contribution >= 0.6 is 0 Å². The maximum absolute atomic E-state index is 5.61. The highest BCUT2D eigenvalue weighted by atomic mass is 16.5. The standard InChI is InChI=1S/C28H45N3O/c1-6-7-10-29-11-13-31(14-12-29)26-9-8-24(30-15-17-32-18-16-30)19-25(26)23-20-27(2,3)22-28(4,5)21-23/h8-9,19-20H,6-7,10-18,21-22H2,1-5H3. The van der Waals surface area contributed by atoms with Crippen LogP contribution in [0.3, 0.4) is 0 Å². The van der Waals surface area contributed by atoms with E-state index in [9.17, 15) is 0 Å². The molecule has 0 unspecified atom stereocenters. The third-order valence-corrected chi connectivity index (χ3v) is 7.41. The minimum Gasteiger partial charge on any atom is -0.378 e. The van der Waals surface area contributed by atoms with E-state index in [0.29, 0.717) is 5.41 Å². The maximum Gasteiger partial charge on any atom is 0.0642 e. The number of unbranched alkanes of at least 4 members (excludes halogenated alkanes) is 1. The summed E-state index contributed by atoms with van der Waals surface area (Å²) in [7, 11) is 0. The maximum atomic E-state index is 5.61. The lowest BCUT2D eigenvalue weighted by atomic mass is 9.65. The van der Waals surface area contributed by atoms with Crippen molar-refractivity contribution in [3.8, 4) is 0 Å². The number of hydrogen-bond donors (Lipinski definition) is 0. The summed E-state index contributed by atoms with van der Waals surface area (Å²) in [5, 5.41) is 0. The van der Waals surface area contributed by atoms with Crippen LogP contribution in [0.5, 0.6) is 0 Å². The lowest BCUT2D eigenvalue weighted by molar-refractivity contribution is 0.122. The molecule has 4 nitrogen and oxygen atoms in total. The molecule has 3 aliphatic rings. The summed E-state index contributed by atoms with van der Waals surface area (Å²) in [5.74, 6) is 0. The van der Waals surface area contributed by atoms with Crippen LogP contribution in [0.15, 0.2) is 24.3 Å². The molecule has 4 rings (SSSR count). The fraction of sp³-hybridized carbons (Fsp3) is 0.714. The van der Waals surface area contributed by atoms with Gasteiger partial charge in [-0.2, -0.15) is 0 Å². The van der Waals surface area contributed by atoms with Crippen LogP contribution in [0.1, 0.15) is 65.9 Å². The third kappa shape index (κ3) is 5.69. The van der Waals surface area contributed by atoms with E-state index in [2.05, 4.69) is 73.6 Å². The van der Waals surface area contributed by atoms with E-state index in [1.807, 2.05) is 0 Å². The van der Waals surface area contributed by atoms with Gasteiger partial charge in [0.15, 0.2) is 0 Å². The van der Waals surface area contributed by atoms with Crippen molar-refractivity contribution < 1.29 is 4.74 Å². The zero-order valence-corrected chi connectivity index (χ0v) is 21.3. The number of hydrogen-bond acceptors (Lipinski definition) is 4. The molecule has 0 spiro atoms. The molecule has 2 heterocycles. The van der Waals surface area contributed by atoms with Gasteiger partial charge in [0.1, 0.15) is 0 Å². The molecule has 1 aromatic rings. The van der Waals surface area contributed by atoms with Crippen LogP contribution in [0, 0.1) is 10.8 Å². The first kappa shape index (κ1) is 23.6. The van der Waals surface area contributed by atoms with E-state index in [1.165, 1.54) is 55.8 Å². The molecule has 1 aliphatic carbocycles. The Labute approximate surface area is 196 Å². The van der Waals surface area contributed by atoms with Crippen molar-refractivity contribution in [1.82, 2.24) is 4.90 Å². The van der Waals surface area contributed by atoms with Crippen molar-refractivity contribution in [1.29, 1.82) is 0 Å². The summed E-state index contributed by atoms with van der Waals surface area (Å²) in [6, 6.07) is 7.26. The second-order valence-corrected chi connectivity index (χ2v) is 11.7. The van der Waals surface area contributed by atoms with Crippen LogP contribution in [0.2, 0.25) is 0 Å². The monoisotopic (exact) mass is 439 g/mol. The van der Waals surface area contributed by atoms with Crippen molar-refractivity contribution in [2.75, 3.05) is 68.8 Å². The van der Waals surface area contributed by atoms with E-state index in [1.54, 1.807) is 5.57 Å². The topological polar surface area (TPSA) is 19.0 Å². The van der Waals surface area contributed by atoms with Gasteiger partial charge in [-0.05, 0) is 60.4 Å². The molecule has 1 aromatic carbocycles. The highest BCUT2D eigenvalue weighted by molar-refractivity contribution is 5.81. The van der Waals surface area contributed by atoms with Crippen molar-refractivity contribution in [2.45, 2.75) is 60.3 Å². The summed E-state index contributed by atoms with van der Waals surface area (Å²) in [5.41, 5.74) is 6.38. The molecule has 0 aromatic heterocycles. The number of anilines is 2. The molecule has 0 bridgehead atoms. The van der Waals surface area contributed by atoms with Gasteiger partial charge in [-0.3, -0.25) is 4.90 Å². The van der Waals surface area contributed by atoms with Gasteiger partial charge >= 0.3 is 0 Å². The van der Waals surface area contributed by atoms with E-state index >= 15 is 0 Å². The fourth-order valence-electron chi connectivity index (χ4n) is 6.23. The number of morpholine rings is 1. The average Bonchev–Trinajstić information content (AvgIpc) is 2.76. The van der Waals surface area contributed by atoms with Gasteiger partial charge in [0.05, 0.1) is 13.2 Å². The lowest BCUT2D eigenvalue weighted by Crippen LogP contribution is -2.47. The highest BCUT2D eigenvalue weighted by Crippen LogP contribution is 2.49. The van der Waals surface area contributed by atoms with Crippen molar-refractivity contribution >= 4 is 16.9 Å². The summed E-state index contributed by atoms with van der Waals surface area (Å²) in [6.07, 6.45) is 7.59. The average molecular weight is 440 g/mol. The Morgan fingerprint density at radius 1 is 0.906 bits per heavy atom. The molecule has 0 amide bonds. The van der Waals surface area contributed by atoms with Gasteiger partial charge < -0.3 is 14.5 Å². The van der Waals surface area contributed by atoms with Crippen LogP contribution in [-0.4, -0.2) is 63.9 Å². The van der Waals surface area contributed by atoms with Crippen molar-refractivity contribution in [2.24, 2.45) is 10.8 Å². The lowest BCUT2D eigenvalue weighted by Gasteiger charge is -2.42. The predicted molar refractivity (Wildman–Crippen MR) is 138 cm³/mol. The second-order valence-electron chi connectivity index (χ2n) is 11.7. The Balaban J connectivity index is 1.65. The van der Waals surface area contributed by atoms with Crippen LogP contribution in [-0.2, 0) is 4.74 Å². The van der Waals surface area contributed by atoms with Crippen molar-refractivity contribution in [3.63, 3.8) is 0 Å². The van der Waals surface area contributed by atoms with E-state index in [4.69, 9.17) is 4.74 Å². The van der Waals surface area contributed by atoms with Crippen LogP contribution in [0.25, 0.3) is 5.57 Å². The van der Waals surface area contributed by atoms with Gasteiger partial charge in [-0.25, -0.2) is 0 Å². The summed E-state index contributed by atoms with van der Waals surface area (Å²) >= 11 is 0. The number of benzene rings is 1. The minimum atomic E-state index is 0.238. The molecule has 0 N–H and O–H groups in total. The van der Waals surface area contributed by atoms with Gasteiger partial charge in [0, 0.05) is 56.2 Å². The Bertz CT molecular complexity index is 799. The first-order valence-corrected chi connectivity index (χ1v) is 12.9. The van der Waals surface area contributed by atoms with E-state index in [-0.39, 0.29) is 5.41 Å². The van der Waals surface area contributed by atoms with E-state index < -0.39 is 0 Å². The number of ether oxygens (including phenoxy) is 1. The zero-order chi connectivity index (χ0) is 22.8. The Morgan fingerprint density at radius 3 is 2.28 bits per heavy atom.